The summed E-state index contributed by atoms with van der Waals surface area (Å²) in [6.07, 6.45) is 2.64. The highest BCUT2D eigenvalue weighted by Crippen LogP contribution is 2.26. The molecule has 1 rings (SSSR count). The SMILES string of the molecule is CCCCC(=O)c1cc(Br)c(C)cc1Br. The molecule has 0 aliphatic rings. The summed E-state index contributed by atoms with van der Waals surface area (Å²) in [7, 11) is 0. The molecule has 0 fully saturated rings. The molecule has 0 saturated carbocycles. The summed E-state index contributed by atoms with van der Waals surface area (Å²) in [5.41, 5.74) is 1.91. The topological polar surface area (TPSA) is 17.1 Å². The predicted octanol–water partition coefficient (Wildman–Crippen LogP) is 4.89. The quantitative estimate of drug-likeness (QED) is 0.717. The Morgan fingerprint density at radius 2 is 1.93 bits per heavy atom. The summed E-state index contributed by atoms with van der Waals surface area (Å²) >= 11 is 6.88. The number of hydrogen-bond donors (Lipinski definition) is 0. The van der Waals surface area contributed by atoms with Crippen molar-refractivity contribution in [3.8, 4) is 0 Å². The van der Waals surface area contributed by atoms with Gasteiger partial charge in [0.1, 0.15) is 0 Å². The molecule has 0 aliphatic carbocycles. The normalized spacial score (nSPS) is 10.4. The number of carbonyl (C=O) groups excluding carboxylic acids is 1. The van der Waals surface area contributed by atoms with Crippen LogP contribution in [0.4, 0.5) is 0 Å². The third-order valence-corrected chi connectivity index (χ3v) is 3.82. The highest BCUT2D eigenvalue weighted by Gasteiger charge is 2.11. The average Bonchev–Trinajstić information content (AvgIpc) is 2.20. The van der Waals surface area contributed by atoms with Crippen molar-refractivity contribution in [2.45, 2.75) is 33.1 Å². The Morgan fingerprint density at radius 3 is 2.53 bits per heavy atom. The van der Waals surface area contributed by atoms with Crippen LogP contribution < -0.4 is 0 Å². The van der Waals surface area contributed by atoms with Crippen LogP contribution in [0.5, 0.6) is 0 Å². The molecule has 0 radical (unpaired) electrons. The molecule has 82 valence electrons. The van der Waals surface area contributed by atoms with Crippen LogP contribution in [0.25, 0.3) is 0 Å². The summed E-state index contributed by atoms with van der Waals surface area (Å²) in [6, 6.07) is 3.88. The minimum absolute atomic E-state index is 0.212. The zero-order chi connectivity index (χ0) is 11.4. The third kappa shape index (κ3) is 3.42. The van der Waals surface area contributed by atoms with Gasteiger partial charge in [-0.2, -0.15) is 0 Å². The smallest absolute Gasteiger partial charge is 0.164 e. The van der Waals surface area contributed by atoms with Crippen molar-refractivity contribution in [3.05, 3.63) is 32.2 Å². The van der Waals surface area contributed by atoms with Crippen molar-refractivity contribution in [1.82, 2.24) is 0 Å². The third-order valence-electron chi connectivity index (χ3n) is 2.31. The van der Waals surface area contributed by atoms with Gasteiger partial charge in [-0.15, -0.1) is 0 Å². The van der Waals surface area contributed by atoms with E-state index in [0.29, 0.717) is 6.42 Å². The van der Waals surface area contributed by atoms with Crippen LogP contribution in [0, 0.1) is 6.92 Å². The molecular formula is C12H14Br2O. The second-order valence-corrected chi connectivity index (χ2v) is 5.32. The number of benzene rings is 1. The average molecular weight is 334 g/mol. The summed E-state index contributed by atoms with van der Waals surface area (Å²) in [4.78, 5) is 11.8. The van der Waals surface area contributed by atoms with E-state index >= 15 is 0 Å². The zero-order valence-corrected chi connectivity index (χ0v) is 12.1. The van der Waals surface area contributed by atoms with E-state index in [1.807, 2.05) is 19.1 Å². The maximum absolute atomic E-state index is 11.8. The number of Topliss-reactive ketones (excluding diaryl/α,β-unsaturated/α-hetero) is 1. The first kappa shape index (κ1) is 12.9. The number of rotatable bonds is 4. The van der Waals surface area contributed by atoms with Gasteiger partial charge in [0.05, 0.1) is 0 Å². The Balaban J connectivity index is 2.94. The summed E-state index contributed by atoms with van der Waals surface area (Å²) in [5.74, 6) is 0.212. The largest absolute Gasteiger partial charge is 0.294 e. The first-order chi connectivity index (χ1) is 7.06. The lowest BCUT2D eigenvalue weighted by molar-refractivity contribution is 0.0979. The van der Waals surface area contributed by atoms with Gasteiger partial charge in [-0.05, 0) is 31.0 Å². The highest BCUT2D eigenvalue weighted by atomic mass is 79.9. The molecule has 0 unspecified atom stereocenters. The van der Waals surface area contributed by atoms with E-state index in [2.05, 4.69) is 38.8 Å². The van der Waals surface area contributed by atoms with E-state index in [1.165, 1.54) is 0 Å². The van der Waals surface area contributed by atoms with Crippen molar-refractivity contribution in [3.63, 3.8) is 0 Å². The molecule has 1 aromatic carbocycles. The molecular weight excluding hydrogens is 320 g/mol. The summed E-state index contributed by atoms with van der Waals surface area (Å²) in [5, 5.41) is 0. The van der Waals surface area contributed by atoms with Gasteiger partial charge in [-0.25, -0.2) is 0 Å². The second-order valence-electron chi connectivity index (χ2n) is 3.61. The molecule has 15 heavy (non-hydrogen) atoms. The van der Waals surface area contributed by atoms with E-state index in [1.54, 1.807) is 0 Å². The van der Waals surface area contributed by atoms with Gasteiger partial charge in [0.25, 0.3) is 0 Å². The summed E-state index contributed by atoms with van der Waals surface area (Å²) in [6.45, 7) is 4.10. The van der Waals surface area contributed by atoms with Gasteiger partial charge in [-0.3, -0.25) is 4.79 Å². The Kier molecular flexibility index (Phi) is 5.00. The fourth-order valence-electron chi connectivity index (χ4n) is 1.33. The lowest BCUT2D eigenvalue weighted by Crippen LogP contribution is -2.00. The number of hydrogen-bond acceptors (Lipinski definition) is 1. The lowest BCUT2D eigenvalue weighted by Gasteiger charge is -2.06. The van der Waals surface area contributed by atoms with Crippen molar-refractivity contribution in [1.29, 1.82) is 0 Å². The fraction of sp³-hybridized carbons (Fsp3) is 0.417. The van der Waals surface area contributed by atoms with Crippen LogP contribution in [0.1, 0.15) is 42.1 Å². The van der Waals surface area contributed by atoms with Crippen molar-refractivity contribution in [2.75, 3.05) is 0 Å². The van der Waals surface area contributed by atoms with Crippen LogP contribution in [0.3, 0.4) is 0 Å². The number of aryl methyl sites for hydroxylation is 1. The summed E-state index contributed by atoms with van der Waals surface area (Å²) < 4.78 is 1.88. The number of halogens is 2. The molecule has 0 heterocycles. The molecule has 0 saturated heterocycles. The molecule has 0 bridgehead atoms. The van der Waals surface area contributed by atoms with Crippen molar-refractivity contribution in [2.24, 2.45) is 0 Å². The molecule has 0 N–H and O–H groups in total. The zero-order valence-electron chi connectivity index (χ0n) is 8.94. The number of unbranched alkanes of at least 4 members (excludes halogenated alkanes) is 1. The molecule has 1 nitrogen and oxygen atoms in total. The standard InChI is InChI=1S/C12H14Br2O/c1-3-4-5-12(15)9-7-10(13)8(2)6-11(9)14/h6-7H,3-5H2,1-2H3. The lowest BCUT2D eigenvalue weighted by atomic mass is 10.0. The monoisotopic (exact) mass is 332 g/mol. The first-order valence-electron chi connectivity index (χ1n) is 5.05. The fourth-order valence-corrected chi connectivity index (χ4v) is 2.35. The van der Waals surface area contributed by atoms with Gasteiger partial charge in [0.15, 0.2) is 5.78 Å². The second kappa shape index (κ2) is 5.80. The maximum atomic E-state index is 11.8. The molecule has 0 spiro atoms. The van der Waals surface area contributed by atoms with Gasteiger partial charge in [-0.1, -0.05) is 45.2 Å². The van der Waals surface area contributed by atoms with Crippen LogP contribution in [-0.2, 0) is 0 Å². The Labute approximate surface area is 108 Å². The van der Waals surface area contributed by atoms with E-state index < -0.39 is 0 Å². The highest BCUT2D eigenvalue weighted by molar-refractivity contribution is 9.11. The van der Waals surface area contributed by atoms with E-state index in [4.69, 9.17) is 0 Å². The van der Waals surface area contributed by atoms with Crippen LogP contribution in [0.2, 0.25) is 0 Å². The van der Waals surface area contributed by atoms with E-state index in [-0.39, 0.29) is 5.78 Å². The van der Waals surface area contributed by atoms with E-state index in [0.717, 1.165) is 32.9 Å². The Hall–Kier alpha value is -0.150. The van der Waals surface area contributed by atoms with Gasteiger partial charge in [0.2, 0.25) is 0 Å². The molecule has 0 amide bonds. The number of carbonyl (C=O) groups is 1. The van der Waals surface area contributed by atoms with Gasteiger partial charge in [0, 0.05) is 20.9 Å². The Bertz CT molecular complexity index is 372. The van der Waals surface area contributed by atoms with Gasteiger partial charge < -0.3 is 0 Å². The Morgan fingerprint density at radius 1 is 1.27 bits per heavy atom. The predicted molar refractivity (Wildman–Crippen MR) is 70.4 cm³/mol. The molecule has 0 aromatic heterocycles. The molecule has 0 aliphatic heterocycles. The first-order valence-corrected chi connectivity index (χ1v) is 6.63. The number of ketones is 1. The van der Waals surface area contributed by atoms with Crippen molar-refractivity contribution < 1.29 is 4.79 Å². The van der Waals surface area contributed by atoms with Gasteiger partial charge >= 0.3 is 0 Å². The minimum atomic E-state index is 0.212. The van der Waals surface area contributed by atoms with Crippen molar-refractivity contribution >= 4 is 37.6 Å². The van der Waals surface area contributed by atoms with Crippen LogP contribution in [0.15, 0.2) is 21.1 Å². The minimum Gasteiger partial charge on any atom is -0.294 e. The molecule has 1 aromatic rings. The molecule has 0 atom stereocenters. The molecule has 3 heteroatoms. The van der Waals surface area contributed by atoms with Crippen LogP contribution in [-0.4, -0.2) is 5.78 Å². The van der Waals surface area contributed by atoms with Crippen LogP contribution >= 0.6 is 31.9 Å². The van der Waals surface area contributed by atoms with E-state index in [9.17, 15) is 4.79 Å². The maximum Gasteiger partial charge on any atom is 0.164 e.